The summed E-state index contributed by atoms with van der Waals surface area (Å²) in [6.45, 7) is 0.649. The van der Waals surface area contributed by atoms with E-state index in [-0.39, 0.29) is 12.4 Å². The summed E-state index contributed by atoms with van der Waals surface area (Å²) in [5.41, 5.74) is 3.16. The Morgan fingerprint density at radius 3 is 2.77 bits per heavy atom. The largest absolute Gasteiger partial charge is 0.469 e. The van der Waals surface area contributed by atoms with Crippen molar-refractivity contribution in [3.8, 4) is 17.1 Å². The Hall–Kier alpha value is -3.65. The summed E-state index contributed by atoms with van der Waals surface area (Å²) < 4.78 is 29.7. The van der Waals surface area contributed by atoms with Gasteiger partial charge in [-0.05, 0) is 28.5 Å². The summed E-state index contributed by atoms with van der Waals surface area (Å²) >= 11 is 1.11. The van der Waals surface area contributed by atoms with Crippen molar-refractivity contribution in [3.05, 3.63) is 90.0 Å². The molecule has 0 amide bonds. The molecule has 30 heavy (non-hydrogen) atoms. The van der Waals surface area contributed by atoms with Crippen LogP contribution in [0.3, 0.4) is 0 Å². The summed E-state index contributed by atoms with van der Waals surface area (Å²) in [5.74, 6) is 0.198. The quantitative estimate of drug-likeness (QED) is 0.400. The predicted molar refractivity (Wildman–Crippen MR) is 113 cm³/mol. The third-order valence-corrected chi connectivity index (χ3v) is 5.19. The maximum Gasteiger partial charge on any atom is 0.254 e. The molecule has 0 radical (unpaired) electrons. The van der Waals surface area contributed by atoms with Crippen LogP contribution in [0.5, 0.6) is 5.88 Å². The van der Waals surface area contributed by atoms with E-state index in [0.717, 1.165) is 33.6 Å². The molecule has 0 aliphatic carbocycles. The van der Waals surface area contributed by atoms with Gasteiger partial charge in [-0.2, -0.15) is 4.37 Å². The molecule has 0 aliphatic rings. The van der Waals surface area contributed by atoms with Crippen molar-refractivity contribution in [2.45, 2.75) is 13.2 Å². The summed E-state index contributed by atoms with van der Waals surface area (Å²) in [7, 11) is 0. The van der Waals surface area contributed by atoms with Gasteiger partial charge in [0.1, 0.15) is 23.8 Å². The second-order valence-corrected chi connectivity index (χ2v) is 7.30. The van der Waals surface area contributed by atoms with E-state index in [1.54, 1.807) is 16.9 Å². The van der Waals surface area contributed by atoms with Crippen LogP contribution in [-0.4, -0.2) is 23.7 Å². The lowest BCUT2D eigenvalue weighted by Crippen LogP contribution is -2.00. The molecule has 0 unspecified atom stereocenters. The van der Waals surface area contributed by atoms with Gasteiger partial charge >= 0.3 is 0 Å². The molecule has 8 heteroatoms. The highest BCUT2D eigenvalue weighted by Crippen LogP contribution is 2.33. The molecule has 0 saturated heterocycles. The van der Waals surface area contributed by atoms with Gasteiger partial charge in [0.25, 0.3) is 5.88 Å². The molecule has 2 aromatic heterocycles. The Balaban J connectivity index is 1.33. The van der Waals surface area contributed by atoms with Crippen LogP contribution in [0, 0.1) is 5.82 Å². The predicted octanol–water partition coefficient (Wildman–Crippen LogP) is 4.72. The van der Waals surface area contributed by atoms with Crippen LogP contribution >= 0.6 is 11.7 Å². The SMILES string of the molecule is Fc1cccc(Cn2cc(COc3nsnc3-c3cccc4ccccc34)nn2)c1. The highest BCUT2D eigenvalue weighted by molar-refractivity contribution is 6.99. The molecule has 6 nitrogen and oxygen atoms in total. The van der Waals surface area contributed by atoms with Crippen molar-refractivity contribution in [1.29, 1.82) is 0 Å². The van der Waals surface area contributed by atoms with Gasteiger partial charge in [-0.3, -0.25) is 0 Å². The fourth-order valence-corrected chi connectivity index (χ4v) is 3.83. The van der Waals surface area contributed by atoms with Crippen molar-refractivity contribution < 1.29 is 9.13 Å². The lowest BCUT2D eigenvalue weighted by molar-refractivity contribution is 0.293. The van der Waals surface area contributed by atoms with Crippen LogP contribution < -0.4 is 4.74 Å². The monoisotopic (exact) mass is 417 g/mol. The molecule has 5 rings (SSSR count). The van der Waals surface area contributed by atoms with Crippen molar-refractivity contribution in [3.63, 3.8) is 0 Å². The number of aromatic nitrogens is 5. The number of halogens is 1. The van der Waals surface area contributed by atoms with Crippen LogP contribution in [0.15, 0.2) is 72.9 Å². The summed E-state index contributed by atoms with van der Waals surface area (Å²) in [5, 5.41) is 10.5. The van der Waals surface area contributed by atoms with Crippen LogP contribution in [0.2, 0.25) is 0 Å². The Labute approximate surface area is 175 Å². The van der Waals surface area contributed by atoms with Gasteiger partial charge in [0.15, 0.2) is 0 Å². The van der Waals surface area contributed by atoms with Crippen LogP contribution in [0.4, 0.5) is 4.39 Å². The fourth-order valence-electron chi connectivity index (χ4n) is 3.32. The Morgan fingerprint density at radius 1 is 0.967 bits per heavy atom. The minimum absolute atomic E-state index is 0.215. The van der Waals surface area contributed by atoms with Crippen molar-refractivity contribution in [2.24, 2.45) is 0 Å². The summed E-state index contributed by atoms with van der Waals surface area (Å²) in [4.78, 5) is 0. The first-order chi connectivity index (χ1) is 14.8. The average molecular weight is 417 g/mol. The molecule has 5 aromatic rings. The first-order valence-electron chi connectivity index (χ1n) is 9.33. The van der Waals surface area contributed by atoms with Crippen molar-refractivity contribution in [1.82, 2.24) is 23.7 Å². The number of hydrogen-bond acceptors (Lipinski definition) is 6. The van der Waals surface area contributed by atoms with Gasteiger partial charge < -0.3 is 4.74 Å². The highest BCUT2D eigenvalue weighted by Gasteiger charge is 2.15. The lowest BCUT2D eigenvalue weighted by Gasteiger charge is -2.06. The third-order valence-electron chi connectivity index (χ3n) is 4.68. The number of fused-ring (bicyclic) bond motifs is 1. The van der Waals surface area contributed by atoms with Crippen LogP contribution in [0.1, 0.15) is 11.3 Å². The number of hydrogen-bond donors (Lipinski definition) is 0. The van der Waals surface area contributed by atoms with Crippen molar-refractivity contribution >= 4 is 22.5 Å². The van der Waals surface area contributed by atoms with Gasteiger partial charge in [0.2, 0.25) is 0 Å². The molecule has 0 saturated carbocycles. The molecule has 0 bridgehead atoms. The molecular weight excluding hydrogens is 401 g/mol. The van der Waals surface area contributed by atoms with E-state index in [4.69, 9.17) is 4.74 Å². The Morgan fingerprint density at radius 2 is 1.83 bits per heavy atom. The highest BCUT2D eigenvalue weighted by atomic mass is 32.1. The van der Waals surface area contributed by atoms with Gasteiger partial charge in [0, 0.05) is 5.56 Å². The van der Waals surface area contributed by atoms with Crippen molar-refractivity contribution in [2.75, 3.05) is 0 Å². The molecule has 0 spiro atoms. The average Bonchev–Trinajstić information content (AvgIpc) is 3.41. The molecule has 0 fully saturated rings. The molecule has 0 N–H and O–H groups in total. The minimum Gasteiger partial charge on any atom is -0.469 e. The first kappa shape index (κ1) is 18.4. The maximum atomic E-state index is 13.4. The normalized spacial score (nSPS) is 11.1. The first-order valence-corrected chi connectivity index (χ1v) is 10.1. The second-order valence-electron chi connectivity index (χ2n) is 6.77. The molecule has 148 valence electrons. The van der Waals surface area contributed by atoms with Crippen LogP contribution in [-0.2, 0) is 13.2 Å². The minimum atomic E-state index is -0.270. The molecule has 3 aromatic carbocycles. The van der Waals surface area contributed by atoms with Gasteiger partial charge in [-0.1, -0.05) is 59.8 Å². The number of benzene rings is 3. The molecule has 0 aliphatic heterocycles. The van der Waals surface area contributed by atoms with Crippen LogP contribution in [0.25, 0.3) is 22.0 Å². The van der Waals surface area contributed by atoms with Gasteiger partial charge in [0.05, 0.1) is 24.5 Å². The van der Waals surface area contributed by atoms with Gasteiger partial charge in [-0.15, -0.1) is 9.47 Å². The smallest absolute Gasteiger partial charge is 0.254 e. The van der Waals surface area contributed by atoms with E-state index < -0.39 is 0 Å². The second kappa shape index (κ2) is 8.00. The number of nitrogens with zero attached hydrogens (tertiary/aromatic N) is 5. The Kier molecular flexibility index (Phi) is 4.90. The standard InChI is InChI=1S/C22H16FN5OS/c23-17-8-3-5-15(11-17)12-28-13-18(24-27-28)14-29-22-21(25-30-26-22)20-10-4-7-16-6-1-2-9-19(16)20/h1-11,13H,12,14H2. The Bertz CT molecular complexity index is 1310. The lowest BCUT2D eigenvalue weighted by atomic mass is 10.0. The fraction of sp³-hybridized carbons (Fsp3) is 0.0909. The molecule has 0 atom stereocenters. The van der Waals surface area contributed by atoms with E-state index >= 15 is 0 Å². The third kappa shape index (κ3) is 3.77. The zero-order valence-electron chi connectivity index (χ0n) is 15.8. The van der Waals surface area contributed by atoms with E-state index in [0.29, 0.717) is 23.8 Å². The zero-order chi connectivity index (χ0) is 20.3. The zero-order valence-corrected chi connectivity index (χ0v) is 16.6. The molecular formula is C22H16FN5OS. The summed E-state index contributed by atoms with van der Waals surface area (Å²) in [6.07, 6.45) is 1.78. The van der Waals surface area contributed by atoms with Gasteiger partial charge in [-0.25, -0.2) is 9.07 Å². The van der Waals surface area contributed by atoms with E-state index in [2.05, 4.69) is 37.3 Å². The topological polar surface area (TPSA) is 65.7 Å². The summed E-state index contributed by atoms with van der Waals surface area (Å²) in [6, 6.07) is 20.6. The number of rotatable bonds is 6. The van der Waals surface area contributed by atoms with E-state index in [1.807, 2.05) is 30.3 Å². The van der Waals surface area contributed by atoms with E-state index in [9.17, 15) is 4.39 Å². The maximum absolute atomic E-state index is 13.4. The number of ether oxygens (including phenoxy) is 1. The van der Waals surface area contributed by atoms with E-state index in [1.165, 1.54) is 12.1 Å². The molecule has 2 heterocycles.